The molecule has 1 atom stereocenters. The first-order valence-corrected chi connectivity index (χ1v) is 6.12. The summed E-state index contributed by atoms with van der Waals surface area (Å²) in [5.74, 6) is -1.24. The summed E-state index contributed by atoms with van der Waals surface area (Å²) in [5, 5.41) is 12.2. The van der Waals surface area contributed by atoms with Crippen LogP contribution in [0.25, 0.3) is 0 Å². The van der Waals surface area contributed by atoms with Gasteiger partial charge < -0.3 is 15.2 Å². The van der Waals surface area contributed by atoms with E-state index in [-0.39, 0.29) is 23.3 Å². The van der Waals surface area contributed by atoms with E-state index in [1.807, 2.05) is 13.8 Å². The van der Waals surface area contributed by atoms with Gasteiger partial charge in [-0.3, -0.25) is 4.79 Å². The standard InChI is InChI=1S/C14H19NO4/c1-8(2)15-13(17)10(4)19-14(18)11-7-9(3)5-6-12(11)16/h5-8,10,16H,1-4H3,(H,15,17). The third-order valence-corrected chi connectivity index (χ3v) is 2.46. The highest BCUT2D eigenvalue weighted by atomic mass is 16.5. The van der Waals surface area contributed by atoms with Gasteiger partial charge in [0.15, 0.2) is 6.10 Å². The summed E-state index contributed by atoms with van der Waals surface area (Å²) in [6.07, 6.45) is -0.908. The molecule has 0 aliphatic rings. The van der Waals surface area contributed by atoms with Crippen molar-refractivity contribution in [2.24, 2.45) is 0 Å². The highest BCUT2D eigenvalue weighted by Gasteiger charge is 2.21. The van der Waals surface area contributed by atoms with Gasteiger partial charge in [0, 0.05) is 6.04 Å². The van der Waals surface area contributed by atoms with Gasteiger partial charge in [0.05, 0.1) is 0 Å². The highest BCUT2D eigenvalue weighted by Crippen LogP contribution is 2.19. The molecule has 0 saturated carbocycles. The van der Waals surface area contributed by atoms with Gasteiger partial charge in [-0.2, -0.15) is 0 Å². The fraction of sp³-hybridized carbons (Fsp3) is 0.429. The Hall–Kier alpha value is -2.04. The van der Waals surface area contributed by atoms with Crippen LogP contribution in [0.3, 0.4) is 0 Å². The summed E-state index contributed by atoms with van der Waals surface area (Å²) in [5.41, 5.74) is 0.883. The SMILES string of the molecule is Cc1ccc(O)c(C(=O)OC(C)C(=O)NC(C)C)c1. The smallest absolute Gasteiger partial charge is 0.342 e. The molecule has 5 heteroatoms. The predicted octanol–water partition coefficient (Wildman–Crippen LogP) is 1.77. The number of benzene rings is 1. The maximum absolute atomic E-state index is 11.9. The summed E-state index contributed by atoms with van der Waals surface area (Å²) in [7, 11) is 0. The van der Waals surface area contributed by atoms with Crippen molar-refractivity contribution >= 4 is 11.9 Å². The quantitative estimate of drug-likeness (QED) is 0.813. The Morgan fingerprint density at radius 2 is 1.89 bits per heavy atom. The van der Waals surface area contributed by atoms with E-state index >= 15 is 0 Å². The predicted molar refractivity (Wildman–Crippen MR) is 71.0 cm³/mol. The Morgan fingerprint density at radius 3 is 2.47 bits per heavy atom. The Labute approximate surface area is 112 Å². The number of carbonyl (C=O) groups excluding carboxylic acids is 2. The molecule has 1 amide bonds. The highest BCUT2D eigenvalue weighted by molar-refractivity contribution is 5.94. The van der Waals surface area contributed by atoms with Crippen LogP contribution in [-0.4, -0.2) is 29.1 Å². The monoisotopic (exact) mass is 265 g/mol. The van der Waals surface area contributed by atoms with E-state index in [1.54, 1.807) is 13.0 Å². The van der Waals surface area contributed by atoms with Crippen molar-refractivity contribution < 1.29 is 19.4 Å². The average molecular weight is 265 g/mol. The Morgan fingerprint density at radius 1 is 1.26 bits per heavy atom. The molecule has 1 unspecified atom stereocenters. The molecule has 1 rings (SSSR count). The molecule has 0 saturated heterocycles. The Bertz CT molecular complexity index is 482. The fourth-order valence-corrected chi connectivity index (χ4v) is 1.49. The molecule has 2 N–H and O–H groups in total. The number of aromatic hydroxyl groups is 1. The van der Waals surface area contributed by atoms with E-state index in [1.165, 1.54) is 19.1 Å². The Balaban J connectivity index is 2.74. The first kappa shape index (κ1) is 15.0. The number of amides is 1. The molecular formula is C14H19NO4. The van der Waals surface area contributed by atoms with Gasteiger partial charge in [-0.15, -0.1) is 0 Å². The van der Waals surface area contributed by atoms with Crippen LogP contribution in [0.2, 0.25) is 0 Å². The molecule has 5 nitrogen and oxygen atoms in total. The number of ether oxygens (including phenoxy) is 1. The normalized spacial score (nSPS) is 12.1. The summed E-state index contributed by atoms with van der Waals surface area (Å²) in [6, 6.07) is 4.59. The van der Waals surface area contributed by atoms with Crippen molar-refractivity contribution in [3.8, 4) is 5.75 Å². The lowest BCUT2D eigenvalue weighted by molar-refractivity contribution is -0.129. The summed E-state index contributed by atoms with van der Waals surface area (Å²) < 4.78 is 5.02. The molecule has 0 aromatic heterocycles. The molecule has 0 spiro atoms. The van der Waals surface area contributed by atoms with Crippen molar-refractivity contribution in [3.63, 3.8) is 0 Å². The van der Waals surface area contributed by atoms with Crippen LogP contribution < -0.4 is 5.32 Å². The number of esters is 1. The fourth-order valence-electron chi connectivity index (χ4n) is 1.49. The van der Waals surface area contributed by atoms with E-state index in [4.69, 9.17) is 4.74 Å². The molecule has 0 heterocycles. The summed E-state index contributed by atoms with van der Waals surface area (Å²) >= 11 is 0. The maximum atomic E-state index is 11.9. The largest absolute Gasteiger partial charge is 0.507 e. The van der Waals surface area contributed by atoms with E-state index < -0.39 is 12.1 Å². The van der Waals surface area contributed by atoms with Gasteiger partial charge in [-0.1, -0.05) is 11.6 Å². The first-order chi connectivity index (χ1) is 8.81. The molecule has 0 bridgehead atoms. The zero-order valence-corrected chi connectivity index (χ0v) is 11.6. The number of phenolic OH excluding ortho intramolecular Hbond substituents is 1. The second-order valence-corrected chi connectivity index (χ2v) is 4.73. The van der Waals surface area contributed by atoms with Crippen LogP contribution in [0, 0.1) is 6.92 Å². The van der Waals surface area contributed by atoms with Crippen molar-refractivity contribution in [3.05, 3.63) is 29.3 Å². The third kappa shape index (κ3) is 4.28. The minimum atomic E-state index is -0.908. The zero-order valence-electron chi connectivity index (χ0n) is 11.6. The lowest BCUT2D eigenvalue weighted by Gasteiger charge is -2.15. The zero-order chi connectivity index (χ0) is 14.6. The maximum Gasteiger partial charge on any atom is 0.342 e. The molecule has 0 aliphatic heterocycles. The third-order valence-electron chi connectivity index (χ3n) is 2.46. The van der Waals surface area contributed by atoms with Gasteiger partial charge in [0.25, 0.3) is 5.91 Å². The van der Waals surface area contributed by atoms with E-state index in [2.05, 4.69) is 5.32 Å². The lowest BCUT2D eigenvalue weighted by Crippen LogP contribution is -2.39. The van der Waals surface area contributed by atoms with Crippen molar-refractivity contribution in [1.82, 2.24) is 5.32 Å². The first-order valence-electron chi connectivity index (χ1n) is 6.12. The van der Waals surface area contributed by atoms with E-state index in [0.29, 0.717) is 0 Å². The second kappa shape index (κ2) is 6.22. The number of hydrogen-bond donors (Lipinski definition) is 2. The van der Waals surface area contributed by atoms with Crippen LogP contribution in [0.1, 0.15) is 36.7 Å². The van der Waals surface area contributed by atoms with Crippen LogP contribution >= 0.6 is 0 Å². The number of nitrogens with one attached hydrogen (secondary N) is 1. The number of rotatable bonds is 4. The van der Waals surface area contributed by atoms with Crippen LogP contribution in [0.4, 0.5) is 0 Å². The van der Waals surface area contributed by atoms with Gasteiger partial charge in [-0.25, -0.2) is 4.79 Å². The second-order valence-electron chi connectivity index (χ2n) is 4.73. The molecule has 1 aromatic carbocycles. The molecule has 104 valence electrons. The van der Waals surface area contributed by atoms with Gasteiger partial charge in [0.1, 0.15) is 11.3 Å². The number of carbonyl (C=O) groups is 2. The van der Waals surface area contributed by atoms with Gasteiger partial charge >= 0.3 is 5.97 Å². The van der Waals surface area contributed by atoms with Crippen LogP contribution in [0.5, 0.6) is 5.75 Å². The van der Waals surface area contributed by atoms with Crippen molar-refractivity contribution in [2.75, 3.05) is 0 Å². The van der Waals surface area contributed by atoms with Gasteiger partial charge in [0.2, 0.25) is 0 Å². The minimum absolute atomic E-state index is 0.0268. The number of hydrogen-bond acceptors (Lipinski definition) is 4. The van der Waals surface area contributed by atoms with Crippen LogP contribution in [-0.2, 0) is 9.53 Å². The number of aryl methyl sites for hydroxylation is 1. The Kier molecular flexibility index (Phi) is 4.92. The average Bonchev–Trinajstić information content (AvgIpc) is 2.31. The molecular weight excluding hydrogens is 246 g/mol. The molecule has 19 heavy (non-hydrogen) atoms. The summed E-state index contributed by atoms with van der Waals surface area (Å²) in [4.78, 5) is 23.5. The molecule has 1 aromatic rings. The van der Waals surface area contributed by atoms with Gasteiger partial charge in [-0.05, 0) is 39.8 Å². The van der Waals surface area contributed by atoms with Crippen molar-refractivity contribution in [1.29, 1.82) is 0 Å². The number of phenols is 1. The molecule has 0 radical (unpaired) electrons. The van der Waals surface area contributed by atoms with Crippen LogP contribution in [0.15, 0.2) is 18.2 Å². The van der Waals surface area contributed by atoms with E-state index in [9.17, 15) is 14.7 Å². The molecule has 0 fully saturated rings. The van der Waals surface area contributed by atoms with E-state index in [0.717, 1.165) is 5.56 Å². The summed E-state index contributed by atoms with van der Waals surface area (Å²) in [6.45, 7) is 6.92. The minimum Gasteiger partial charge on any atom is -0.507 e. The topological polar surface area (TPSA) is 75.6 Å². The molecule has 0 aliphatic carbocycles. The lowest BCUT2D eigenvalue weighted by atomic mass is 10.1. The van der Waals surface area contributed by atoms with Crippen molar-refractivity contribution in [2.45, 2.75) is 39.8 Å².